The largest absolute Gasteiger partial charge is 0.389 e. The predicted octanol–water partition coefficient (Wildman–Crippen LogP) is 2.29. The molecule has 1 saturated carbocycles. The van der Waals surface area contributed by atoms with Crippen molar-refractivity contribution in [1.82, 2.24) is 4.98 Å². The first kappa shape index (κ1) is 11.1. The van der Waals surface area contributed by atoms with Gasteiger partial charge in [-0.05, 0) is 31.4 Å². The van der Waals surface area contributed by atoms with Crippen LogP contribution in [0.15, 0.2) is 31.0 Å². The van der Waals surface area contributed by atoms with Gasteiger partial charge in [0.15, 0.2) is 0 Å². The van der Waals surface area contributed by atoms with Gasteiger partial charge in [-0.3, -0.25) is 0 Å². The third-order valence-electron chi connectivity index (χ3n) is 2.86. The number of pyridine rings is 1. The summed E-state index contributed by atoms with van der Waals surface area (Å²) in [5, 5.41) is 9.41. The van der Waals surface area contributed by atoms with Gasteiger partial charge in [-0.15, -0.1) is 6.58 Å². The Morgan fingerprint density at radius 3 is 2.81 bits per heavy atom. The molecule has 86 valence electrons. The van der Waals surface area contributed by atoms with E-state index >= 15 is 0 Å². The van der Waals surface area contributed by atoms with Gasteiger partial charge in [-0.2, -0.15) is 0 Å². The van der Waals surface area contributed by atoms with Crippen LogP contribution in [0, 0.1) is 0 Å². The lowest BCUT2D eigenvalue weighted by atomic mass is 10.2. The van der Waals surface area contributed by atoms with Crippen molar-refractivity contribution < 1.29 is 5.11 Å². The minimum Gasteiger partial charge on any atom is -0.389 e. The van der Waals surface area contributed by atoms with E-state index in [1.807, 2.05) is 18.2 Å². The quantitative estimate of drug-likeness (QED) is 0.770. The zero-order valence-corrected chi connectivity index (χ0v) is 9.63. The maximum atomic E-state index is 9.41. The van der Waals surface area contributed by atoms with E-state index in [1.165, 1.54) is 12.8 Å². The summed E-state index contributed by atoms with van der Waals surface area (Å²) in [4.78, 5) is 6.66. The van der Waals surface area contributed by atoms with Crippen LogP contribution in [0.1, 0.15) is 31.4 Å². The zero-order chi connectivity index (χ0) is 11.5. The topological polar surface area (TPSA) is 36.4 Å². The molecule has 0 saturated heterocycles. The van der Waals surface area contributed by atoms with Crippen molar-refractivity contribution in [2.24, 2.45) is 0 Å². The second-order valence-corrected chi connectivity index (χ2v) is 4.30. The Labute approximate surface area is 96.4 Å². The summed E-state index contributed by atoms with van der Waals surface area (Å²) in [6.45, 7) is 6.36. The van der Waals surface area contributed by atoms with Crippen LogP contribution in [0.25, 0.3) is 0 Å². The molecule has 3 heteroatoms. The lowest BCUT2D eigenvalue weighted by molar-refractivity contribution is 0.199. The molecular formula is C13H18N2O. The molecule has 0 aromatic carbocycles. The highest BCUT2D eigenvalue weighted by atomic mass is 16.3. The van der Waals surface area contributed by atoms with E-state index in [9.17, 15) is 5.11 Å². The maximum absolute atomic E-state index is 9.41. The van der Waals surface area contributed by atoms with E-state index in [0.29, 0.717) is 6.04 Å². The molecule has 1 atom stereocenters. The first-order valence-corrected chi connectivity index (χ1v) is 5.74. The van der Waals surface area contributed by atoms with E-state index in [-0.39, 0.29) is 0 Å². The van der Waals surface area contributed by atoms with Crippen LogP contribution >= 0.6 is 0 Å². The van der Waals surface area contributed by atoms with E-state index in [1.54, 1.807) is 13.1 Å². The summed E-state index contributed by atoms with van der Waals surface area (Å²) in [5.41, 5.74) is 0.859. The van der Waals surface area contributed by atoms with Gasteiger partial charge in [0.25, 0.3) is 0 Å². The van der Waals surface area contributed by atoms with Crippen LogP contribution < -0.4 is 4.90 Å². The van der Waals surface area contributed by atoms with Crippen LogP contribution in [0.3, 0.4) is 0 Å². The Bertz CT molecular complexity index is 355. The number of nitrogens with zero attached hydrogens (tertiary/aromatic N) is 2. The first-order valence-electron chi connectivity index (χ1n) is 5.74. The SMILES string of the molecule is C=CCN(c1ccc([C@@H](C)O)cn1)C1CC1. The molecule has 0 aliphatic heterocycles. The van der Waals surface area contributed by atoms with Gasteiger partial charge < -0.3 is 10.0 Å². The van der Waals surface area contributed by atoms with Crippen molar-refractivity contribution in [1.29, 1.82) is 0 Å². The molecule has 16 heavy (non-hydrogen) atoms. The van der Waals surface area contributed by atoms with Crippen molar-refractivity contribution in [2.45, 2.75) is 31.9 Å². The third-order valence-corrected chi connectivity index (χ3v) is 2.86. The van der Waals surface area contributed by atoms with Crippen molar-refractivity contribution in [3.8, 4) is 0 Å². The van der Waals surface area contributed by atoms with Gasteiger partial charge in [0.2, 0.25) is 0 Å². The predicted molar refractivity (Wildman–Crippen MR) is 65.4 cm³/mol. The standard InChI is InChI=1S/C13H18N2O/c1-3-8-15(12-5-6-12)13-7-4-11(9-14-13)10(2)16/h3-4,7,9-10,12,16H,1,5-6,8H2,2H3/t10-/m1/s1. The number of aliphatic hydroxyl groups is 1. The van der Waals surface area contributed by atoms with Crippen LogP contribution in [0.4, 0.5) is 5.82 Å². The van der Waals surface area contributed by atoms with Crippen LogP contribution in [-0.4, -0.2) is 22.7 Å². The van der Waals surface area contributed by atoms with Crippen LogP contribution in [0.2, 0.25) is 0 Å². The van der Waals surface area contributed by atoms with Crippen LogP contribution in [0.5, 0.6) is 0 Å². The molecule has 0 spiro atoms. The summed E-state index contributed by atoms with van der Waals surface area (Å²) in [6, 6.07) is 4.54. The van der Waals surface area contributed by atoms with E-state index in [0.717, 1.165) is 17.9 Å². The minimum atomic E-state index is -0.449. The lowest BCUT2D eigenvalue weighted by Crippen LogP contribution is -2.26. The molecular weight excluding hydrogens is 200 g/mol. The zero-order valence-electron chi connectivity index (χ0n) is 9.63. The minimum absolute atomic E-state index is 0.449. The molecule has 1 heterocycles. The number of hydrogen-bond donors (Lipinski definition) is 1. The summed E-state index contributed by atoms with van der Waals surface area (Å²) < 4.78 is 0. The summed E-state index contributed by atoms with van der Waals surface area (Å²) in [6.07, 6.45) is 5.69. The molecule has 0 amide bonds. The number of aromatic nitrogens is 1. The Balaban J connectivity index is 2.14. The average molecular weight is 218 g/mol. The molecule has 1 aromatic rings. The maximum Gasteiger partial charge on any atom is 0.129 e. The van der Waals surface area contributed by atoms with E-state index < -0.39 is 6.10 Å². The molecule has 1 aliphatic carbocycles. The van der Waals surface area contributed by atoms with Gasteiger partial charge in [0.05, 0.1) is 6.10 Å². The highest BCUT2D eigenvalue weighted by Crippen LogP contribution is 2.30. The summed E-state index contributed by atoms with van der Waals surface area (Å²) in [7, 11) is 0. The molecule has 2 rings (SSSR count). The smallest absolute Gasteiger partial charge is 0.129 e. The van der Waals surface area contributed by atoms with Crippen molar-refractivity contribution in [3.63, 3.8) is 0 Å². The fourth-order valence-electron chi connectivity index (χ4n) is 1.77. The fraction of sp³-hybridized carbons (Fsp3) is 0.462. The fourth-order valence-corrected chi connectivity index (χ4v) is 1.77. The number of anilines is 1. The highest BCUT2D eigenvalue weighted by molar-refractivity contribution is 5.43. The van der Waals surface area contributed by atoms with E-state index in [2.05, 4.69) is 16.5 Å². The van der Waals surface area contributed by atoms with Gasteiger partial charge in [-0.25, -0.2) is 4.98 Å². The molecule has 1 N–H and O–H groups in total. The molecule has 0 unspecified atom stereocenters. The summed E-state index contributed by atoms with van der Waals surface area (Å²) in [5.74, 6) is 0.979. The first-order chi connectivity index (χ1) is 7.72. The Morgan fingerprint density at radius 2 is 2.38 bits per heavy atom. The van der Waals surface area contributed by atoms with Crippen molar-refractivity contribution in [2.75, 3.05) is 11.4 Å². The number of rotatable bonds is 5. The Hall–Kier alpha value is -1.35. The lowest BCUT2D eigenvalue weighted by Gasteiger charge is -2.22. The average Bonchev–Trinajstić information content (AvgIpc) is 3.10. The second kappa shape index (κ2) is 4.66. The van der Waals surface area contributed by atoms with E-state index in [4.69, 9.17) is 0 Å². The Kier molecular flexibility index (Phi) is 3.25. The van der Waals surface area contributed by atoms with Gasteiger partial charge in [0.1, 0.15) is 5.82 Å². The number of hydrogen-bond acceptors (Lipinski definition) is 3. The Morgan fingerprint density at radius 1 is 1.62 bits per heavy atom. The summed E-state index contributed by atoms with van der Waals surface area (Å²) >= 11 is 0. The molecule has 1 aliphatic rings. The molecule has 1 fully saturated rings. The number of aliphatic hydroxyl groups excluding tert-OH is 1. The molecule has 0 radical (unpaired) electrons. The van der Waals surface area contributed by atoms with Gasteiger partial charge >= 0.3 is 0 Å². The van der Waals surface area contributed by atoms with Gasteiger partial charge in [-0.1, -0.05) is 12.1 Å². The van der Waals surface area contributed by atoms with Crippen molar-refractivity contribution in [3.05, 3.63) is 36.5 Å². The third kappa shape index (κ3) is 2.42. The molecule has 3 nitrogen and oxygen atoms in total. The monoisotopic (exact) mass is 218 g/mol. The van der Waals surface area contributed by atoms with Crippen molar-refractivity contribution >= 4 is 5.82 Å². The molecule has 1 aromatic heterocycles. The molecule has 0 bridgehead atoms. The van der Waals surface area contributed by atoms with Gasteiger partial charge in [0, 0.05) is 18.8 Å². The second-order valence-electron chi connectivity index (χ2n) is 4.30. The normalized spacial score (nSPS) is 16.9. The highest BCUT2D eigenvalue weighted by Gasteiger charge is 2.29. The van der Waals surface area contributed by atoms with Crippen LogP contribution in [-0.2, 0) is 0 Å².